The zero-order valence-corrected chi connectivity index (χ0v) is 17.6. The fourth-order valence-electron chi connectivity index (χ4n) is 2.89. The van der Waals surface area contributed by atoms with E-state index in [4.69, 9.17) is 9.47 Å². The lowest BCUT2D eigenvalue weighted by Gasteiger charge is -2.19. The van der Waals surface area contributed by atoms with Gasteiger partial charge in [0.15, 0.2) is 5.69 Å². The molecule has 7 heteroatoms. The topological polar surface area (TPSA) is 97.8 Å². The van der Waals surface area contributed by atoms with E-state index in [9.17, 15) is 14.7 Å². The number of hydrogen-bond acceptors (Lipinski definition) is 5. The van der Waals surface area contributed by atoms with E-state index >= 15 is 0 Å². The Morgan fingerprint density at radius 2 is 1.81 bits per heavy atom. The molecule has 31 heavy (non-hydrogen) atoms. The van der Waals surface area contributed by atoms with E-state index in [1.54, 1.807) is 57.2 Å². The molecule has 3 aromatic rings. The molecule has 0 atom stereocenters. The monoisotopic (exact) mass is 420 g/mol. The highest BCUT2D eigenvalue weighted by atomic mass is 16.6. The summed E-state index contributed by atoms with van der Waals surface area (Å²) >= 11 is 0. The Labute approximate surface area is 180 Å². The number of aromatic nitrogens is 1. The van der Waals surface area contributed by atoms with Crippen molar-refractivity contribution in [3.63, 3.8) is 0 Å². The summed E-state index contributed by atoms with van der Waals surface area (Å²) in [7, 11) is 0. The van der Waals surface area contributed by atoms with Gasteiger partial charge in [-0.2, -0.15) is 0 Å². The number of anilines is 1. The SMILES string of the molecule is CC(C)(C)OC(=O)Nc1cccc(OCc2cccc(-c3cccnc3C(=O)O)c2)c1. The number of carboxylic acid groups (broad SMARTS) is 1. The molecular weight excluding hydrogens is 396 g/mol. The number of nitrogens with zero attached hydrogens (tertiary/aromatic N) is 1. The van der Waals surface area contributed by atoms with Crippen LogP contribution < -0.4 is 10.1 Å². The molecule has 0 saturated heterocycles. The van der Waals surface area contributed by atoms with Gasteiger partial charge in [0, 0.05) is 23.5 Å². The molecule has 0 aliphatic carbocycles. The van der Waals surface area contributed by atoms with Gasteiger partial charge in [0.25, 0.3) is 0 Å². The molecule has 0 spiro atoms. The normalized spacial score (nSPS) is 10.9. The Balaban J connectivity index is 1.70. The van der Waals surface area contributed by atoms with Gasteiger partial charge in [-0.3, -0.25) is 5.32 Å². The molecule has 0 unspecified atom stereocenters. The largest absolute Gasteiger partial charge is 0.489 e. The summed E-state index contributed by atoms with van der Waals surface area (Å²) < 4.78 is 11.1. The Morgan fingerprint density at radius 3 is 2.55 bits per heavy atom. The van der Waals surface area contributed by atoms with Crippen molar-refractivity contribution in [1.29, 1.82) is 0 Å². The van der Waals surface area contributed by atoms with Crippen LogP contribution in [0.1, 0.15) is 36.8 Å². The number of pyridine rings is 1. The molecule has 0 aliphatic rings. The number of rotatable bonds is 6. The maximum absolute atomic E-state index is 11.9. The van der Waals surface area contributed by atoms with Crippen LogP contribution in [0.2, 0.25) is 0 Å². The number of nitrogens with one attached hydrogen (secondary N) is 1. The summed E-state index contributed by atoms with van der Waals surface area (Å²) in [4.78, 5) is 27.4. The maximum atomic E-state index is 11.9. The van der Waals surface area contributed by atoms with Crippen molar-refractivity contribution in [3.05, 3.63) is 78.1 Å². The van der Waals surface area contributed by atoms with Crippen LogP contribution in [0.15, 0.2) is 66.9 Å². The van der Waals surface area contributed by atoms with E-state index in [2.05, 4.69) is 10.3 Å². The lowest BCUT2D eigenvalue weighted by molar-refractivity contribution is 0.0634. The van der Waals surface area contributed by atoms with E-state index in [-0.39, 0.29) is 12.3 Å². The molecule has 0 aliphatic heterocycles. The van der Waals surface area contributed by atoms with E-state index < -0.39 is 17.7 Å². The summed E-state index contributed by atoms with van der Waals surface area (Å²) in [5, 5.41) is 12.1. The molecular formula is C24H24N2O5. The molecule has 0 fully saturated rings. The predicted molar refractivity (Wildman–Crippen MR) is 117 cm³/mol. The Hall–Kier alpha value is -3.87. The molecule has 0 radical (unpaired) electrons. The van der Waals surface area contributed by atoms with Crippen molar-refractivity contribution in [2.24, 2.45) is 0 Å². The maximum Gasteiger partial charge on any atom is 0.412 e. The van der Waals surface area contributed by atoms with Crippen molar-refractivity contribution in [3.8, 4) is 16.9 Å². The molecule has 1 aromatic heterocycles. The van der Waals surface area contributed by atoms with Crippen LogP contribution in [0.3, 0.4) is 0 Å². The van der Waals surface area contributed by atoms with Gasteiger partial charge in [-0.1, -0.05) is 30.3 Å². The van der Waals surface area contributed by atoms with Crippen molar-refractivity contribution in [2.75, 3.05) is 5.32 Å². The second kappa shape index (κ2) is 9.30. The Bertz CT molecular complexity index is 1090. The minimum atomic E-state index is -1.08. The van der Waals surface area contributed by atoms with E-state index in [0.717, 1.165) is 11.1 Å². The molecule has 160 valence electrons. The number of aromatic carboxylic acids is 1. The van der Waals surface area contributed by atoms with Crippen molar-refractivity contribution >= 4 is 17.7 Å². The van der Waals surface area contributed by atoms with Gasteiger partial charge in [-0.05, 0) is 56.2 Å². The zero-order chi connectivity index (χ0) is 22.4. The molecule has 7 nitrogen and oxygen atoms in total. The molecule has 1 amide bonds. The van der Waals surface area contributed by atoms with Crippen LogP contribution in [-0.2, 0) is 11.3 Å². The van der Waals surface area contributed by atoms with Crippen molar-refractivity contribution < 1.29 is 24.2 Å². The number of carbonyl (C=O) groups excluding carboxylic acids is 1. The van der Waals surface area contributed by atoms with Crippen LogP contribution in [0.4, 0.5) is 10.5 Å². The quantitative estimate of drug-likeness (QED) is 0.556. The summed E-state index contributed by atoms with van der Waals surface area (Å²) in [5.74, 6) is -0.502. The van der Waals surface area contributed by atoms with Crippen molar-refractivity contribution in [2.45, 2.75) is 33.0 Å². The highest BCUT2D eigenvalue weighted by Gasteiger charge is 2.16. The first-order valence-electron chi connectivity index (χ1n) is 9.72. The summed E-state index contributed by atoms with van der Waals surface area (Å²) in [6.45, 7) is 5.66. The van der Waals surface area contributed by atoms with Crippen molar-refractivity contribution in [1.82, 2.24) is 4.98 Å². The number of benzene rings is 2. The number of amides is 1. The average Bonchev–Trinajstić information content (AvgIpc) is 2.71. The van der Waals surface area contributed by atoms with Crippen LogP contribution in [0.25, 0.3) is 11.1 Å². The third-order valence-corrected chi connectivity index (χ3v) is 4.13. The number of carboxylic acids is 1. The lowest BCUT2D eigenvalue weighted by Crippen LogP contribution is -2.27. The summed E-state index contributed by atoms with van der Waals surface area (Å²) in [6, 6.07) is 17.9. The van der Waals surface area contributed by atoms with Gasteiger partial charge in [-0.15, -0.1) is 0 Å². The molecule has 0 bridgehead atoms. The van der Waals surface area contributed by atoms with Gasteiger partial charge in [0.05, 0.1) is 0 Å². The first kappa shape index (κ1) is 21.8. The first-order valence-corrected chi connectivity index (χ1v) is 9.72. The average molecular weight is 420 g/mol. The van der Waals surface area contributed by atoms with Crippen LogP contribution in [-0.4, -0.2) is 27.8 Å². The van der Waals surface area contributed by atoms with Crippen LogP contribution in [0.5, 0.6) is 5.75 Å². The number of ether oxygens (including phenoxy) is 2. The predicted octanol–water partition coefficient (Wildman–Crippen LogP) is 5.37. The number of hydrogen-bond donors (Lipinski definition) is 2. The van der Waals surface area contributed by atoms with Crippen LogP contribution in [0, 0.1) is 0 Å². The van der Waals surface area contributed by atoms with Gasteiger partial charge in [0.1, 0.15) is 18.0 Å². The van der Waals surface area contributed by atoms with Gasteiger partial charge < -0.3 is 14.6 Å². The van der Waals surface area contributed by atoms with Gasteiger partial charge >= 0.3 is 12.1 Å². The molecule has 0 saturated carbocycles. The molecule has 2 N–H and O–H groups in total. The fourth-order valence-corrected chi connectivity index (χ4v) is 2.89. The van der Waals surface area contributed by atoms with E-state index in [0.29, 0.717) is 17.0 Å². The molecule has 3 rings (SSSR count). The third-order valence-electron chi connectivity index (χ3n) is 4.13. The fraction of sp³-hybridized carbons (Fsp3) is 0.208. The van der Waals surface area contributed by atoms with E-state index in [1.807, 2.05) is 24.3 Å². The Kier molecular flexibility index (Phi) is 6.55. The Morgan fingerprint density at radius 1 is 1.03 bits per heavy atom. The van der Waals surface area contributed by atoms with E-state index in [1.165, 1.54) is 6.20 Å². The minimum Gasteiger partial charge on any atom is -0.489 e. The lowest BCUT2D eigenvalue weighted by atomic mass is 10.0. The zero-order valence-electron chi connectivity index (χ0n) is 17.6. The summed E-state index contributed by atoms with van der Waals surface area (Å²) in [5.41, 5.74) is 2.12. The smallest absolute Gasteiger partial charge is 0.412 e. The van der Waals surface area contributed by atoms with Gasteiger partial charge in [-0.25, -0.2) is 14.6 Å². The highest BCUT2D eigenvalue weighted by Crippen LogP contribution is 2.25. The highest BCUT2D eigenvalue weighted by molar-refractivity contribution is 5.93. The summed E-state index contributed by atoms with van der Waals surface area (Å²) in [6.07, 6.45) is 0.918. The van der Waals surface area contributed by atoms with Crippen LogP contribution >= 0.6 is 0 Å². The molecule has 1 heterocycles. The number of carbonyl (C=O) groups is 2. The second-order valence-corrected chi connectivity index (χ2v) is 7.85. The minimum absolute atomic E-state index is 0.00138. The third kappa shape index (κ3) is 6.30. The second-order valence-electron chi connectivity index (χ2n) is 7.85. The first-order chi connectivity index (χ1) is 14.7. The standard InChI is InChI=1S/C24H24N2O5/c1-24(2,3)31-23(29)26-18-9-5-10-19(14-18)30-15-16-7-4-8-17(13-16)20-11-6-12-25-21(20)22(27)28/h4-14H,15H2,1-3H3,(H,26,29)(H,27,28). The molecule has 2 aromatic carbocycles. The van der Waals surface area contributed by atoms with Gasteiger partial charge in [0.2, 0.25) is 0 Å².